The second-order valence-electron chi connectivity index (χ2n) is 5.07. The van der Waals surface area contributed by atoms with Crippen LogP contribution in [-0.4, -0.2) is 49.4 Å². The maximum Gasteiger partial charge on any atom is 0.158 e. The first-order valence-corrected chi connectivity index (χ1v) is 7.10. The van der Waals surface area contributed by atoms with E-state index in [0.29, 0.717) is 18.5 Å². The van der Waals surface area contributed by atoms with Gasteiger partial charge < -0.3 is 19.7 Å². The lowest BCUT2D eigenvalue weighted by atomic mass is 10.1. The summed E-state index contributed by atoms with van der Waals surface area (Å²) in [4.78, 5) is 11.3. The lowest BCUT2D eigenvalue weighted by Crippen LogP contribution is -2.49. The Bertz CT molecular complexity index is 441. The van der Waals surface area contributed by atoms with Gasteiger partial charge in [0.1, 0.15) is 18.2 Å². The van der Waals surface area contributed by atoms with Crippen LogP contribution in [0, 0.1) is 0 Å². The molecule has 0 saturated carbocycles. The Labute approximate surface area is 120 Å². The summed E-state index contributed by atoms with van der Waals surface area (Å²) in [5.74, 6) is 2.46. The van der Waals surface area contributed by atoms with E-state index in [4.69, 9.17) is 9.47 Å². The fraction of sp³-hybridized carbons (Fsp3) is 0.714. The highest BCUT2D eigenvalue weighted by Crippen LogP contribution is 2.23. The number of rotatable bonds is 5. The van der Waals surface area contributed by atoms with E-state index in [1.807, 2.05) is 13.1 Å². The van der Waals surface area contributed by atoms with Crippen LogP contribution in [0.3, 0.4) is 0 Å². The molecule has 6 heteroatoms. The molecule has 0 radical (unpaired) electrons. The van der Waals surface area contributed by atoms with Crippen molar-refractivity contribution in [3.8, 4) is 0 Å². The molecule has 2 rings (SSSR count). The molecular formula is C14H24N4O2. The molecule has 1 aromatic rings. The van der Waals surface area contributed by atoms with Crippen molar-refractivity contribution in [2.24, 2.45) is 0 Å². The van der Waals surface area contributed by atoms with E-state index in [-0.39, 0.29) is 6.10 Å². The Hall–Kier alpha value is -1.40. The van der Waals surface area contributed by atoms with Gasteiger partial charge in [-0.1, -0.05) is 6.92 Å². The number of methoxy groups -OCH3 is 1. The zero-order valence-electron chi connectivity index (χ0n) is 12.7. The van der Waals surface area contributed by atoms with Gasteiger partial charge in [-0.2, -0.15) is 0 Å². The zero-order chi connectivity index (χ0) is 14.5. The van der Waals surface area contributed by atoms with Crippen molar-refractivity contribution in [1.29, 1.82) is 0 Å². The molecule has 1 aromatic heterocycles. The molecule has 0 bridgehead atoms. The Kier molecular flexibility index (Phi) is 5.14. The highest BCUT2D eigenvalue weighted by atomic mass is 16.5. The minimum absolute atomic E-state index is 0.219. The molecule has 1 aliphatic rings. The van der Waals surface area contributed by atoms with Crippen LogP contribution < -0.4 is 10.2 Å². The predicted molar refractivity (Wildman–Crippen MR) is 79.1 cm³/mol. The molecule has 2 unspecified atom stereocenters. The number of aromatic nitrogens is 2. The summed E-state index contributed by atoms with van der Waals surface area (Å²) in [5.41, 5.74) is 0. The first-order chi connectivity index (χ1) is 9.67. The summed E-state index contributed by atoms with van der Waals surface area (Å²) in [5, 5.41) is 3.08. The number of ether oxygens (including phenoxy) is 2. The number of hydrogen-bond acceptors (Lipinski definition) is 6. The van der Waals surface area contributed by atoms with Crippen LogP contribution in [0.5, 0.6) is 0 Å². The molecule has 0 aliphatic carbocycles. The summed E-state index contributed by atoms with van der Waals surface area (Å²) in [6.45, 7) is 6.28. The fourth-order valence-electron chi connectivity index (χ4n) is 2.41. The first-order valence-electron chi connectivity index (χ1n) is 7.10. The van der Waals surface area contributed by atoms with Crippen LogP contribution in [0.1, 0.15) is 26.1 Å². The van der Waals surface area contributed by atoms with Crippen molar-refractivity contribution in [2.75, 3.05) is 37.5 Å². The van der Waals surface area contributed by atoms with Gasteiger partial charge in [-0.15, -0.1) is 0 Å². The molecule has 0 amide bonds. The Morgan fingerprint density at radius 2 is 2.30 bits per heavy atom. The van der Waals surface area contributed by atoms with E-state index in [2.05, 4.69) is 34.0 Å². The standard InChI is InChI=1S/C14H24N4O2/c1-5-11-8-20-10(2)7-18(11)14-6-12(15-3)16-13(17-14)9-19-4/h6,10-11H,5,7-9H2,1-4H3,(H,15,16,17). The Morgan fingerprint density at radius 3 is 2.95 bits per heavy atom. The lowest BCUT2D eigenvalue weighted by Gasteiger charge is -2.39. The minimum Gasteiger partial charge on any atom is -0.377 e. The normalized spacial score (nSPS) is 22.9. The average molecular weight is 280 g/mol. The van der Waals surface area contributed by atoms with Crippen molar-refractivity contribution in [2.45, 2.75) is 39.0 Å². The SMILES string of the molecule is CCC1COC(C)CN1c1cc(NC)nc(COC)n1. The van der Waals surface area contributed by atoms with Gasteiger partial charge in [0.2, 0.25) is 0 Å². The lowest BCUT2D eigenvalue weighted by molar-refractivity contribution is 0.0295. The van der Waals surface area contributed by atoms with Crippen molar-refractivity contribution >= 4 is 11.6 Å². The van der Waals surface area contributed by atoms with Crippen LogP contribution in [0.15, 0.2) is 6.07 Å². The molecule has 0 aromatic carbocycles. The third-order valence-electron chi connectivity index (χ3n) is 3.52. The molecule has 112 valence electrons. The van der Waals surface area contributed by atoms with Crippen molar-refractivity contribution < 1.29 is 9.47 Å². The van der Waals surface area contributed by atoms with Gasteiger partial charge in [0.25, 0.3) is 0 Å². The Morgan fingerprint density at radius 1 is 1.50 bits per heavy atom. The molecule has 1 saturated heterocycles. The predicted octanol–water partition coefficient (Wildman–Crippen LogP) is 1.67. The average Bonchev–Trinajstić information content (AvgIpc) is 2.47. The topological polar surface area (TPSA) is 59.5 Å². The molecule has 2 atom stereocenters. The van der Waals surface area contributed by atoms with E-state index in [1.54, 1.807) is 7.11 Å². The largest absolute Gasteiger partial charge is 0.377 e. The number of morpholine rings is 1. The maximum absolute atomic E-state index is 5.74. The summed E-state index contributed by atoms with van der Waals surface area (Å²) >= 11 is 0. The number of nitrogens with zero attached hydrogens (tertiary/aromatic N) is 3. The molecule has 1 N–H and O–H groups in total. The summed E-state index contributed by atoms with van der Waals surface area (Å²) in [6, 6.07) is 2.35. The van der Waals surface area contributed by atoms with Crippen molar-refractivity contribution in [3.05, 3.63) is 11.9 Å². The molecule has 1 fully saturated rings. The van der Waals surface area contributed by atoms with Gasteiger partial charge in [-0.05, 0) is 13.3 Å². The highest BCUT2D eigenvalue weighted by molar-refractivity contribution is 5.50. The van der Waals surface area contributed by atoms with E-state index in [0.717, 1.165) is 31.2 Å². The van der Waals surface area contributed by atoms with Crippen LogP contribution in [0.4, 0.5) is 11.6 Å². The highest BCUT2D eigenvalue weighted by Gasteiger charge is 2.27. The third kappa shape index (κ3) is 3.37. The quantitative estimate of drug-likeness (QED) is 0.885. The molecule has 0 spiro atoms. The zero-order valence-corrected chi connectivity index (χ0v) is 12.7. The fourth-order valence-corrected chi connectivity index (χ4v) is 2.41. The van der Waals surface area contributed by atoms with Crippen LogP contribution in [0.25, 0.3) is 0 Å². The molecular weight excluding hydrogens is 256 g/mol. The van der Waals surface area contributed by atoms with Gasteiger partial charge >= 0.3 is 0 Å². The van der Waals surface area contributed by atoms with Crippen LogP contribution in [-0.2, 0) is 16.1 Å². The van der Waals surface area contributed by atoms with Crippen LogP contribution >= 0.6 is 0 Å². The summed E-state index contributed by atoms with van der Waals surface area (Å²) in [6.07, 6.45) is 1.25. The second kappa shape index (κ2) is 6.85. The first kappa shape index (κ1) is 15.0. The minimum atomic E-state index is 0.219. The number of hydrogen-bond donors (Lipinski definition) is 1. The molecule has 1 aliphatic heterocycles. The molecule has 20 heavy (non-hydrogen) atoms. The monoisotopic (exact) mass is 280 g/mol. The van der Waals surface area contributed by atoms with E-state index in [9.17, 15) is 0 Å². The Balaban J connectivity index is 2.30. The van der Waals surface area contributed by atoms with Crippen molar-refractivity contribution in [3.63, 3.8) is 0 Å². The van der Waals surface area contributed by atoms with E-state index < -0.39 is 0 Å². The van der Waals surface area contributed by atoms with Crippen LogP contribution in [0.2, 0.25) is 0 Å². The van der Waals surface area contributed by atoms with Gasteiger partial charge in [-0.3, -0.25) is 0 Å². The summed E-state index contributed by atoms with van der Waals surface area (Å²) < 4.78 is 10.9. The van der Waals surface area contributed by atoms with E-state index >= 15 is 0 Å². The van der Waals surface area contributed by atoms with Crippen molar-refractivity contribution in [1.82, 2.24) is 9.97 Å². The van der Waals surface area contributed by atoms with Gasteiger partial charge in [0, 0.05) is 26.8 Å². The van der Waals surface area contributed by atoms with Gasteiger partial charge in [0.05, 0.1) is 18.8 Å². The molecule has 6 nitrogen and oxygen atoms in total. The van der Waals surface area contributed by atoms with E-state index in [1.165, 1.54) is 0 Å². The third-order valence-corrected chi connectivity index (χ3v) is 3.52. The maximum atomic E-state index is 5.74. The van der Waals surface area contributed by atoms with Gasteiger partial charge in [0.15, 0.2) is 5.82 Å². The second-order valence-corrected chi connectivity index (χ2v) is 5.07. The smallest absolute Gasteiger partial charge is 0.158 e. The number of nitrogens with one attached hydrogen (secondary N) is 1. The van der Waals surface area contributed by atoms with Gasteiger partial charge in [-0.25, -0.2) is 9.97 Å². The summed E-state index contributed by atoms with van der Waals surface area (Å²) in [7, 11) is 3.52. The molecule has 2 heterocycles. The number of anilines is 2.